The van der Waals surface area contributed by atoms with Gasteiger partial charge in [-0.25, -0.2) is 9.78 Å². The zero-order valence-corrected chi connectivity index (χ0v) is 8.97. The summed E-state index contributed by atoms with van der Waals surface area (Å²) in [5.41, 5.74) is 2.91. The third-order valence-corrected chi connectivity index (χ3v) is 2.98. The third-order valence-electron chi connectivity index (χ3n) is 2.98. The molecule has 0 aromatic carbocycles. The van der Waals surface area contributed by atoms with E-state index in [2.05, 4.69) is 4.98 Å². The molecule has 4 heteroatoms. The Kier molecular flexibility index (Phi) is 1.80. The van der Waals surface area contributed by atoms with Gasteiger partial charge in [-0.05, 0) is 37.5 Å². The van der Waals surface area contributed by atoms with E-state index >= 15 is 0 Å². The van der Waals surface area contributed by atoms with Gasteiger partial charge in [0.25, 0.3) is 0 Å². The van der Waals surface area contributed by atoms with Crippen LogP contribution < -0.4 is 0 Å². The van der Waals surface area contributed by atoms with Gasteiger partial charge in [0.1, 0.15) is 5.65 Å². The number of aromatic carboxylic acids is 1. The van der Waals surface area contributed by atoms with E-state index in [-0.39, 0.29) is 0 Å². The van der Waals surface area contributed by atoms with Crippen LogP contribution in [-0.4, -0.2) is 20.5 Å². The molecule has 0 atom stereocenters. The normalized spacial score (nSPS) is 15.6. The highest BCUT2D eigenvalue weighted by atomic mass is 16.4. The Morgan fingerprint density at radius 3 is 2.94 bits per heavy atom. The van der Waals surface area contributed by atoms with E-state index in [1.54, 1.807) is 10.6 Å². The summed E-state index contributed by atoms with van der Waals surface area (Å²) in [7, 11) is 0. The molecule has 2 aromatic rings. The molecular formula is C12H12N2O2. The Balaban J connectivity index is 2.32. The molecule has 0 saturated heterocycles. The van der Waals surface area contributed by atoms with Crippen molar-refractivity contribution in [3.05, 3.63) is 35.3 Å². The minimum absolute atomic E-state index is 0.331. The molecule has 0 radical (unpaired) electrons. The first-order valence-electron chi connectivity index (χ1n) is 5.38. The molecule has 0 aliphatic heterocycles. The number of rotatable bonds is 2. The van der Waals surface area contributed by atoms with Crippen molar-refractivity contribution in [2.45, 2.75) is 25.7 Å². The summed E-state index contributed by atoms with van der Waals surface area (Å²) in [6.07, 6.45) is 3.90. The number of carboxylic acids is 1. The fourth-order valence-corrected chi connectivity index (χ4v) is 2.02. The van der Waals surface area contributed by atoms with Crippen molar-refractivity contribution in [1.29, 1.82) is 0 Å². The van der Waals surface area contributed by atoms with Gasteiger partial charge in [-0.1, -0.05) is 0 Å². The number of fused-ring (bicyclic) bond motifs is 1. The number of imidazole rings is 1. The SMILES string of the molecule is Cc1ccn2c(C(=O)O)c(C3CC3)nc2c1. The predicted molar refractivity (Wildman–Crippen MR) is 58.9 cm³/mol. The van der Waals surface area contributed by atoms with E-state index in [9.17, 15) is 9.90 Å². The number of hydrogen-bond acceptors (Lipinski definition) is 2. The van der Waals surface area contributed by atoms with E-state index in [1.165, 1.54) is 0 Å². The van der Waals surface area contributed by atoms with Crippen LogP contribution in [0.5, 0.6) is 0 Å². The Labute approximate surface area is 92.5 Å². The molecule has 0 amide bonds. The Morgan fingerprint density at radius 1 is 1.56 bits per heavy atom. The maximum atomic E-state index is 11.3. The number of aryl methyl sites for hydroxylation is 1. The average molecular weight is 216 g/mol. The Bertz CT molecular complexity index is 582. The summed E-state index contributed by atoms with van der Waals surface area (Å²) in [6, 6.07) is 3.82. The molecule has 1 fully saturated rings. The van der Waals surface area contributed by atoms with Gasteiger partial charge in [0.05, 0.1) is 5.69 Å². The lowest BCUT2D eigenvalue weighted by atomic mass is 10.2. The molecule has 1 N–H and O–H groups in total. The van der Waals surface area contributed by atoms with Crippen LogP contribution in [0, 0.1) is 6.92 Å². The van der Waals surface area contributed by atoms with Crippen LogP contribution in [0.25, 0.3) is 5.65 Å². The smallest absolute Gasteiger partial charge is 0.354 e. The molecule has 2 heterocycles. The first kappa shape index (κ1) is 9.39. The quantitative estimate of drug-likeness (QED) is 0.837. The third kappa shape index (κ3) is 1.30. The predicted octanol–water partition coefficient (Wildman–Crippen LogP) is 2.22. The largest absolute Gasteiger partial charge is 0.477 e. The van der Waals surface area contributed by atoms with Crippen molar-refractivity contribution in [2.75, 3.05) is 0 Å². The summed E-state index contributed by atoms with van der Waals surface area (Å²) in [4.78, 5) is 15.7. The molecule has 0 spiro atoms. The second kappa shape index (κ2) is 3.07. The fraction of sp³-hybridized carbons (Fsp3) is 0.333. The maximum absolute atomic E-state index is 11.3. The van der Waals surface area contributed by atoms with E-state index < -0.39 is 5.97 Å². The number of carboxylic acid groups (broad SMARTS) is 1. The summed E-state index contributed by atoms with van der Waals surface area (Å²) in [5.74, 6) is -0.537. The van der Waals surface area contributed by atoms with E-state index in [0.717, 1.165) is 29.7 Å². The van der Waals surface area contributed by atoms with Crippen molar-refractivity contribution >= 4 is 11.6 Å². The second-order valence-electron chi connectivity index (χ2n) is 4.36. The Morgan fingerprint density at radius 2 is 2.31 bits per heavy atom. The molecule has 1 saturated carbocycles. The topological polar surface area (TPSA) is 54.6 Å². The molecule has 4 nitrogen and oxygen atoms in total. The summed E-state index contributed by atoms with van der Waals surface area (Å²) < 4.78 is 1.67. The van der Waals surface area contributed by atoms with Crippen LogP contribution in [0.3, 0.4) is 0 Å². The van der Waals surface area contributed by atoms with Gasteiger partial charge in [-0.3, -0.25) is 4.40 Å². The Hall–Kier alpha value is -1.84. The molecule has 2 aromatic heterocycles. The molecule has 1 aliphatic carbocycles. The van der Waals surface area contributed by atoms with E-state index in [0.29, 0.717) is 11.6 Å². The average Bonchev–Trinajstić information content (AvgIpc) is 2.99. The molecule has 0 bridgehead atoms. The van der Waals surface area contributed by atoms with Crippen LogP contribution in [0.15, 0.2) is 18.3 Å². The summed E-state index contributed by atoms with van der Waals surface area (Å²) in [6.45, 7) is 1.98. The van der Waals surface area contributed by atoms with E-state index in [4.69, 9.17) is 0 Å². The van der Waals surface area contributed by atoms with Gasteiger partial charge in [-0.15, -0.1) is 0 Å². The standard InChI is InChI=1S/C12H12N2O2/c1-7-4-5-14-9(6-7)13-10(8-2-3-8)11(14)12(15)16/h4-6,8H,2-3H2,1H3,(H,15,16). The van der Waals surface area contributed by atoms with Gasteiger partial charge in [-0.2, -0.15) is 0 Å². The lowest BCUT2D eigenvalue weighted by Gasteiger charge is -1.98. The number of pyridine rings is 1. The molecular weight excluding hydrogens is 204 g/mol. The highest BCUT2D eigenvalue weighted by molar-refractivity contribution is 5.88. The number of hydrogen-bond donors (Lipinski definition) is 1. The maximum Gasteiger partial charge on any atom is 0.354 e. The number of carbonyl (C=O) groups is 1. The first-order valence-corrected chi connectivity index (χ1v) is 5.38. The van der Waals surface area contributed by atoms with Crippen LogP contribution in [0.1, 0.15) is 40.5 Å². The van der Waals surface area contributed by atoms with Gasteiger partial charge in [0, 0.05) is 12.1 Å². The van der Waals surface area contributed by atoms with Gasteiger partial charge >= 0.3 is 5.97 Å². The van der Waals surface area contributed by atoms with Crippen LogP contribution in [-0.2, 0) is 0 Å². The minimum atomic E-state index is -0.891. The number of nitrogens with zero attached hydrogens (tertiary/aromatic N) is 2. The highest BCUT2D eigenvalue weighted by Gasteiger charge is 2.32. The molecule has 3 rings (SSSR count). The van der Waals surface area contributed by atoms with Crippen molar-refractivity contribution in [3.8, 4) is 0 Å². The van der Waals surface area contributed by atoms with Crippen LogP contribution in [0.4, 0.5) is 0 Å². The summed E-state index contributed by atoms with van der Waals surface area (Å²) in [5, 5.41) is 9.24. The lowest BCUT2D eigenvalue weighted by molar-refractivity contribution is 0.0688. The van der Waals surface area contributed by atoms with Crippen molar-refractivity contribution in [2.24, 2.45) is 0 Å². The zero-order chi connectivity index (χ0) is 11.3. The summed E-state index contributed by atoms with van der Waals surface area (Å²) >= 11 is 0. The molecule has 82 valence electrons. The molecule has 0 unspecified atom stereocenters. The second-order valence-corrected chi connectivity index (χ2v) is 4.36. The van der Waals surface area contributed by atoms with E-state index in [1.807, 2.05) is 19.1 Å². The van der Waals surface area contributed by atoms with Crippen molar-refractivity contribution in [3.63, 3.8) is 0 Å². The zero-order valence-electron chi connectivity index (χ0n) is 8.97. The molecule has 1 aliphatic rings. The highest BCUT2D eigenvalue weighted by Crippen LogP contribution is 2.41. The lowest BCUT2D eigenvalue weighted by Crippen LogP contribution is -2.04. The minimum Gasteiger partial charge on any atom is -0.477 e. The number of aromatic nitrogens is 2. The van der Waals surface area contributed by atoms with Crippen molar-refractivity contribution in [1.82, 2.24) is 9.38 Å². The van der Waals surface area contributed by atoms with Crippen molar-refractivity contribution < 1.29 is 9.90 Å². The van der Waals surface area contributed by atoms with Crippen LogP contribution in [0.2, 0.25) is 0 Å². The van der Waals surface area contributed by atoms with Crippen LogP contribution >= 0.6 is 0 Å². The monoisotopic (exact) mass is 216 g/mol. The van der Waals surface area contributed by atoms with Gasteiger partial charge < -0.3 is 5.11 Å². The fourth-order valence-electron chi connectivity index (χ4n) is 2.02. The molecule has 16 heavy (non-hydrogen) atoms. The first-order chi connectivity index (χ1) is 7.66. The van der Waals surface area contributed by atoms with Gasteiger partial charge in [0.15, 0.2) is 5.69 Å². The van der Waals surface area contributed by atoms with Gasteiger partial charge in [0.2, 0.25) is 0 Å².